The number of aliphatic imine (C=N–C) groups is 1. The third-order valence-electron chi connectivity index (χ3n) is 7.72. The van der Waals surface area contributed by atoms with E-state index < -0.39 is 53.8 Å². The third-order valence-corrected chi connectivity index (χ3v) is 7.72. The van der Waals surface area contributed by atoms with Gasteiger partial charge in [0.1, 0.15) is 12.1 Å². The average molecular weight is 597 g/mol. The number of nitrogens with two attached hydrogens (primary N) is 4. The maximum absolute atomic E-state index is 13.5. The van der Waals surface area contributed by atoms with Gasteiger partial charge in [-0.25, -0.2) is 0 Å². The van der Waals surface area contributed by atoms with E-state index in [9.17, 15) is 29.1 Å². The molecule has 0 saturated heterocycles. The first kappa shape index (κ1) is 36.6. The van der Waals surface area contributed by atoms with Gasteiger partial charge < -0.3 is 44.0 Å². The summed E-state index contributed by atoms with van der Waals surface area (Å²) in [5, 5.41) is 19.3. The average Bonchev–Trinajstić information content (AvgIpc) is 2.90. The second-order valence-corrected chi connectivity index (χ2v) is 11.7. The molecular formula is C28H52N8O6. The molecule has 12 N–H and O–H groups in total. The van der Waals surface area contributed by atoms with E-state index in [2.05, 4.69) is 20.9 Å². The Kier molecular flexibility index (Phi) is 16.5. The van der Waals surface area contributed by atoms with E-state index in [1.54, 1.807) is 0 Å². The third kappa shape index (κ3) is 14.5. The number of guanidine groups is 1. The van der Waals surface area contributed by atoms with Gasteiger partial charge in [-0.2, -0.15) is 0 Å². The molecular weight excluding hydrogens is 544 g/mol. The van der Waals surface area contributed by atoms with Crippen molar-refractivity contribution in [2.75, 3.05) is 6.54 Å². The molecule has 1 saturated carbocycles. The molecule has 0 aromatic carbocycles. The molecule has 14 nitrogen and oxygen atoms in total. The summed E-state index contributed by atoms with van der Waals surface area (Å²) in [5.41, 5.74) is 21.4. The lowest BCUT2D eigenvalue weighted by Crippen LogP contribution is -2.54. The van der Waals surface area contributed by atoms with Crippen molar-refractivity contribution in [3.8, 4) is 0 Å². The van der Waals surface area contributed by atoms with Gasteiger partial charge in [0.25, 0.3) is 0 Å². The fourth-order valence-electron chi connectivity index (χ4n) is 5.36. The van der Waals surface area contributed by atoms with Crippen LogP contribution in [0.25, 0.3) is 0 Å². The molecule has 0 aliphatic heterocycles. The summed E-state index contributed by atoms with van der Waals surface area (Å²) < 4.78 is 0. The van der Waals surface area contributed by atoms with Gasteiger partial charge in [-0.15, -0.1) is 0 Å². The van der Waals surface area contributed by atoms with Crippen LogP contribution in [0, 0.1) is 17.8 Å². The fourth-order valence-corrected chi connectivity index (χ4v) is 5.36. The minimum Gasteiger partial charge on any atom is -0.391 e. The highest BCUT2D eigenvalue weighted by molar-refractivity contribution is 5.92. The molecule has 0 heterocycles. The van der Waals surface area contributed by atoms with Crippen LogP contribution in [-0.4, -0.2) is 71.4 Å². The zero-order chi connectivity index (χ0) is 31.8. The minimum absolute atomic E-state index is 0.0556. The molecule has 1 aliphatic rings. The molecule has 5 atom stereocenters. The zero-order valence-electron chi connectivity index (χ0n) is 25.3. The predicted octanol–water partition coefficient (Wildman–Crippen LogP) is -0.741. The zero-order valence-corrected chi connectivity index (χ0v) is 25.3. The number of hydrogen-bond acceptors (Lipinski definition) is 7. The molecule has 0 spiro atoms. The summed E-state index contributed by atoms with van der Waals surface area (Å²) in [4.78, 5) is 65.9. The van der Waals surface area contributed by atoms with E-state index in [-0.39, 0.29) is 50.0 Å². The van der Waals surface area contributed by atoms with Crippen LogP contribution in [0.4, 0.5) is 0 Å². The number of aliphatic hydroxyl groups is 1. The highest BCUT2D eigenvalue weighted by Gasteiger charge is 2.34. The fraction of sp³-hybridized carbons (Fsp3) is 0.786. The van der Waals surface area contributed by atoms with Crippen molar-refractivity contribution in [2.45, 2.75) is 116 Å². The van der Waals surface area contributed by atoms with E-state index >= 15 is 0 Å². The molecule has 42 heavy (non-hydrogen) atoms. The van der Waals surface area contributed by atoms with Gasteiger partial charge in [-0.05, 0) is 43.9 Å². The van der Waals surface area contributed by atoms with Crippen molar-refractivity contribution in [1.29, 1.82) is 0 Å². The molecule has 5 amide bonds. The van der Waals surface area contributed by atoms with Crippen LogP contribution >= 0.6 is 0 Å². The summed E-state index contributed by atoms with van der Waals surface area (Å²) in [6, 6.07) is -2.75. The van der Waals surface area contributed by atoms with Crippen molar-refractivity contribution < 1.29 is 29.1 Å². The Balaban J connectivity index is 3.00. The van der Waals surface area contributed by atoms with E-state index in [1.165, 1.54) is 13.3 Å². The standard InChI is InChI=1S/C28H52N8O6/c1-16(2)19(15-23(38)22(34-17(3)37)14-18-8-5-4-6-9-18)26(41)36-21(11-12-24(29)39)27(42)35-20(25(30)40)10-7-13-33-28(31)32/h16,18-23,38H,4-15H2,1-3H3,(H2,29,39)(H2,30,40)(H,34,37)(H,35,42)(H,36,41)(H4,31,32,33). The van der Waals surface area contributed by atoms with Crippen LogP contribution in [0.2, 0.25) is 0 Å². The first-order valence-corrected chi connectivity index (χ1v) is 14.9. The summed E-state index contributed by atoms with van der Waals surface area (Å²) in [7, 11) is 0. The summed E-state index contributed by atoms with van der Waals surface area (Å²) in [6.45, 7) is 5.27. The predicted molar refractivity (Wildman–Crippen MR) is 159 cm³/mol. The second-order valence-electron chi connectivity index (χ2n) is 11.7. The lowest BCUT2D eigenvalue weighted by Gasteiger charge is -2.32. The van der Waals surface area contributed by atoms with Gasteiger partial charge >= 0.3 is 0 Å². The first-order valence-electron chi connectivity index (χ1n) is 14.9. The molecule has 0 aromatic heterocycles. The SMILES string of the molecule is CC(=O)NC(CC1CCCCC1)C(O)CC(C(=O)NC(CCC(N)=O)C(=O)NC(CCCN=C(N)N)C(N)=O)C(C)C. The molecule has 1 rings (SSSR count). The maximum atomic E-state index is 13.5. The monoisotopic (exact) mass is 596 g/mol. The quantitative estimate of drug-likeness (QED) is 0.0533. The Morgan fingerprint density at radius 2 is 1.50 bits per heavy atom. The van der Waals surface area contributed by atoms with E-state index in [1.807, 2.05) is 13.8 Å². The molecule has 1 aliphatic carbocycles. The number of rotatable bonds is 19. The number of nitrogens with one attached hydrogen (secondary N) is 3. The Bertz CT molecular complexity index is 933. The van der Waals surface area contributed by atoms with Gasteiger partial charge in [0, 0.05) is 25.8 Å². The number of primary amides is 2. The van der Waals surface area contributed by atoms with Crippen molar-refractivity contribution in [3.63, 3.8) is 0 Å². The van der Waals surface area contributed by atoms with Gasteiger partial charge in [-0.1, -0.05) is 46.0 Å². The Morgan fingerprint density at radius 1 is 0.881 bits per heavy atom. The van der Waals surface area contributed by atoms with Crippen molar-refractivity contribution in [1.82, 2.24) is 16.0 Å². The van der Waals surface area contributed by atoms with Gasteiger partial charge in [0.15, 0.2) is 5.96 Å². The molecule has 14 heteroatoms. The molecule has 0 bridgehead atoms. The van der Waals surface area contributed by atoms with Crippen LogP contribution in [0.5, 0.6) is 0 Å². The van der Waals surface area contributed by atoms with Crippen LogP contribution < -0.4 is 38.9 Å². The van der Waals surface area contributed by atoms with Gasteiger partial charge in [0.2, 0.25) is 29.5 Å². The lowest BCUT2D eigenvalue weighted by atomic mass is 9.81. The largest absolute Gasteiger partial charge is 0.391 e. The van der Waals surface area contributed by atoms with Crippen LogP contribution in [-0.2, 0) is 24.0 Å². The number of amides is 5. The number of aliphatic hydroxyl groups excluding tert-OH is 1. The number of carbonyl (C=O) groups is 5. The topological polar surface area (TPSA) is 258 Å². The van der Waals surface area contributed by atoms with Crippen molar-refractivity contribution in [3.05, 3.63) is 0 Å². The lowest BCUT2D eigenvalue weighted by molar-refractivity contribution is -0.134. The van der Waals surface area contributed by atoms with Gasteiger partial charge in [-0.3, -0.25) is 29.0 Å². The summed E-state index contributed by atoms with van der Waals surface area (Å²) in [5.74, 6) is -3.56. The molecule has 5 unspecified atom stereocenters. The van der Waals surface area contributed by atoms with Crippen molar-refractivity contribution in [2.24, 2.45) is 45.7 Å². The number of nitrogens with zero attached hydrogens (tertiary/aromatic N) is 1. The Morgan fingerprint density at radius 3 is 2.02 bits per heavy atom. The molecule has 0 radical (unpaired) electrons. The maximum Gasteiger partial charge on any atom is 0.243 e. The highest BCUT2D eigenvalue weighted by Crippen LogP contribution is 2.29. The second kappa shape index (κ2) is 18.9. The molecule has 0 aromatic rings. The number of hydrogen-bond donors (Lipinski definition) is 8. The molecule has 240 valence electrons. The normalized spacial score (nSPS) is 17.3. The Labute approximate surface area is 248 Å². The van der Waals surface area contributed by atoms with E-state index in [0.717, 1.165) is 25.7 Å². The van der Waals surface area contributed by atoms with Crippen LogP contribution in [0.15, 0.2) is 4.99 Å². The highest BCUT2D eigenvalue weighted by atomic mass is 16.3. The summed E-state index contributed by atoms with van der Waals surface area (Å²) in [6.07, 6.45) is 5.39. The van der Waals surface area contributed by atoms with Gasteiger partial charge in [0.05, 0.1) is 12.1 Å². The minimum atomic E-state index is -1.18. The van der Waals surface area contributed by atoms with E-state index in [4.69, 9.17) is 22.9 Å². The first-order chi connectivity index (χ1) is 19.7. The smallest absolute Gasteiger partial charge is 0.243 e. The summed E-state index contributed by atoms with van der Waals surface area (Å²) >= 11 is 0. The van der Waals surface area contributed by atoms with Crippen molar-refractivity contribution >= 4 is 35.5 Å². The molecule has 1 fully saturated rings. The van der Waals surface area contributed by atoms with Crippen LogP contribution in [0.1, 0.15) is 91.4 Å². The van der Waals surface area contributed by atoms with Crippen LogP contribution in [0.3, 0.4) is 0 Å². The Hall–Kier alpha value is -3.42. The van der Waals surface area contributed by atoms with E-state index in [0.29, 0.717) is 18.8 Å². The number of carbonyl (C=O) groups excluding carboxylic acids is 5.